The number of aliphatic imine (C=N–C) groups is 1. The van der Waals surface area contributed by atoms with Crippen LogP contribution in [-0.4, -0.2) is 62.7 Å². The summed E-state index contributed by atoms with van der Waals surface area (Å²) in [6, 6.07) is 12.3. The molecule has 2 saturated heterocycles. The average Bonchev–Trinajstić information content (AvgIpc) is 3.25. The number of carbonyl (C=O) groups is 1. The molecule has 2 fully saturated rings. The molecule has 2 aliphatic rings. The van der Waals surface area contributed by atoms with Crippen LogP contribution in [0.3, 0.4) is 0 Å². The van der Waals surface area contributed by atoms with Crippen LogP contribution < -0.4 is 25.8 Å². The van der Waals surface area contributed by atoms with Crippen LogP contribution in [0, 0.1) is 0 Å². The normalized spacial score (nSPS) is 19.4. The van der Waals surface area contributed by atoms with Crippen molar-refractivity contribution in [2.45, 2.75) is 19.0 Å². The van der Waals surface area contributed by atoms with Gasteiger partial charge in [-0.25, -0.2) is 4.98 Å². The molecule has 164 valence electrons. The molecule has 0 bridgehead atoms. The van der Waals surface area contributed by atoms with E-state index in [0.717, 1.165) is 49.1 Å². The van der Waals surface area contributed by atoms with Gasteiger partial charge in [-0.1, -0.05) is 23.7 Å². The number of guanidine groups is 1. The first-order valence-electron chi connectivity index (χ1n) is 10.6. The Morgan fingerprint density at radius 2 is 2.10 bits per heavy atom. The minimum atomic E-state index is 0.0719. The molecule has 3 heterocycles. The summed E-state index contributed by atoms with van der Waals surface area (Å²) in [6.07, 6.45) is 2.76. The summed E-state index contributed by atoms with van der Waals surface area (Å²) in [6.45, 7) is 4.34. The summed E-state index contributed by atoms with van der Waals surface area (Å²) in [7, 11) is 1.78. The van der Waals surface area contributed by atoms with Crippen LogP contribution in [-0.2, 0) is 11.3 Å². The Balaban J connectivity index is 1.27. The molecule has 3 N–H and O–H groups in total. The van der Waals surface area contributed by atoms with Gasteiger partial charge in [0.25, 0.3) is 0 Å². The van der Waals surface area contributed by atoms with Crippen molar-refractivity contribution < 1.29 is 4.79 Å². The predicted octanol–water partition coefficient (Wildman–Crippen LogP) is 1.62. The topological polar surface area (TPSA) is 84.9 Å². The molecule has 4 rings (SSSR count). The number of rotatable bonds is 5. The third-order valence-corrected chi connectivity index (χ3v) is 5.89. The third kappa shape index (κ3) is 5.38. The maximum Gasteiger partial charge on any atom is 0.239 e. The molecule has 1 unspecified atom stereocenters. The molecular formula is C22H28ClN7O. The van der Waals surface area contributed by atoms with Crippen molar-refractivity contribution in [2.24, 2.45) is 4.99 Å². The molecule has 1 aromatic carbocycles. The summed E-state index contributed by atoms with van der Waals surface area (Å²) in [5, 5.41) is 10.4. The zero-order valence-corrected chi connectivity index (χ0v) is 18.4. The quantitative estimate of drug-likeness (QED) is 0.483. The number of halogens is 1. The number of hydrogen-bond donors (Lipinski definition) is 3. The van der Waals surface area contributed by atoms with Crippen molar-refractivity contribution >= 4 is 35.0 Å². The Morgan fingerprint density at radius 1 is 1.26 bits per heavy atom. The molecule has 9 heteroatoms. The molecule has 8 nitrogen and oxygen atoms in total. The highest BCUT2D eigenvalue weighted by Gasteiger charge is 2.25. The first-order chi connectivity index (χ1) is 15.1. The Kier molecular flexibility index (Phi) is 6.76. The SMILES string of the molecule is CN=C(NCc1ccc(N2CCNC(=O)C2)cc1)NC1CCN(c2ncccc2Cl)C1. The minimum Gasteiger partial charge on any atom is -0.360 e. The molecule has 0 aliphatic carbocycles. The summed E-state index contributed by atoms with van der Waals surface area (Å²) >= 11 is 6.29. The first kappa shape index (κ1) is 21.2. The fraction of sp³-hybridized carbons (Fsp3) is 0.409. The van der Waals surface area contributed by atoms with E-state index in [1.165, 1.54) is 0 Å². The average molecular weight is 442 g/mol. The second-order valence-corrected chi connectivity index (χ2v) is 8.16. The van der Waals surface area contributed by atoms with Gasteiger partial charge in [-0.3, -0.25) is 9.79 Å². The molecule has 1 aromatic heterocycles. The van der Waals surface area contributed by atoms with Crippen LogP contribution >= 0.6 is 11.6 Å². The van der Waals surface area contributed by atoms with E-state index in [9.17, 15) is 4.79 Å². The van der Waals surface area contributed by atoms with Crippen LogP contribution in [0.1, 0.15) is 12.0 Å². The Labute approximate surface area is 187 Å². The number of aromatic nitrogens is 1. The van der Waals surface area contributed by atoms with Crippen LogP contribution in [0.2, 0.25) is 5.02 Å². The fourth-order valence-corrected chi connectivity index (χ4v) is 4.18. The van der Waals surface area contributed by atoms with Crippen molar-refractivity contribution in [3.8, 4) is 0 Å². The van der Waals surface area contributed by atoms with Crippen LogP contribution in [0.5, 0.6) is 0 Å². The van der Waals surface area contributed by atoms with Gasteiger partial charge in [-0.15, -0.1) is 0 Å². The van der Waals surface area contributed by atoms with E-state index in [1.807, 2.05) is 12.1 Å². The lowest BCUT2D eigenvalue weighted by molar-refractivity contribution is -0.120. The zero-order chi connectivity index (χ0) is 21.6. The molecular weight excluding hydrogens is 414 g/mol. The van der Waals surface area contributed by atoms with Gasteiger partial charge >= 0.3 is 0 Å². The molecule has 0 radical (unpaired) electrons. The third-order valence-electron chi connectivity index (χ3n) is 5.59. The second-order valence-electron chi connectivity index (χ2n) is 7.75. The van der Waals surface area contributed by atoms with Gasteiger partial charge in [0.1, 0.15) is 5.82 Å². The fourth-order valence-electron chi connectivity index (χ4n) is 3.94. The van der Waals surface area contributed by atoms with Gasteiger partial charge < -0.3 is 25.8 Å². The number of pyridine rings is 1. The van der Waals surface area contributed by atoms with E-state index in [2.05, 4.69) is 60.0 Å². The first-order valence-corrected chi connectivity index (χ1v) is 10.9. The van der Waals surface area contributed by atoms with Crippen LogP contribution in [0.25, 0.3) is 0 Å². The van der Waals surface area contributed by atoms with Crippen molar-refractivity contribution in [3.63, 3.8) is 0 Å². The van der Waals surface area contributed by atoms with Gasteiger partial charge in [0.2, 0.25) is 5.91 Å². The van der Waals surface area contributed by atoms with E-state index >= 15 is 0 Å². The maximum absolute atomic E-state index is 11.6. The van der Waals surface area contributed by atoms with Crippen molar-refractivity contribution in [1.82, 2.24) is 20.9 Å². The zero-order valence-electron chi connectivity index (χ0n) is 17.6. The molecule has 1 amide bonds. The largest absolute Gasteiger partial charge is 0.360 e. The molecule has 2 aromatic rings. The van der Waals surface area contributed by atoms with E-state index in [4.69, 9.17) is 11.6 Å². The van der Waals surface area contributed by atoms with Crippen molar-refractivity contribution in [3.05, 3.63) is 53.2 Å². The number of nitrogens with zero attached hydrogens (tertiary/aromatic N) is 4. The highest BCUT2D eigenvalue weighted by Crippen LogP contribution is 2.25. The highest BCUT2D eigenvalue weighted by molar-refractivity contribution is 6.32. The number of nitrogens with one attached hydrogen (secondary N) is 3. The lowest BCUT2D eigenvalue weighted by atomic mass is 10.2. The Bertz CT molecular complexity index is 934. The van der Waals surface area contributed by atoms with Gasteiger partial charge in [0.15, 0.2) is 5.96 Å². The van der Waals surface area contributed by atoms with Gasteiger partial charge in [-0.2, -0.15) is 0 Å². The molecule has 2 aliphatic heterocycles. The van der Waals surface area contributed by atoms with Crippen LogP contribution in [0.15, 0.2) is 47.6 Å². The summed E-state index contributed by atoms with van der Waals surface area (Å²) < 4.78 is 0. The van der Waals surface area contributed by atoms with E-state index in [1.54, 1.807) is 13.2 Å². The lowest BCUT2D eigenvalue weighted by Gasteiger charge is -2.28. The van der Waals surface area contributed by atoms with E-state index in [-0.39, 0.29) is 11.9 Å². The summed E-state index contributed by atoms with van der Waals surface area (Å²) in [5.41, 5.74) is 2.22. The molecule has 0 spiro atoms. The van der Waals surface area contributed by atoms with E-state index in [0.29, 0.717) is 24.7 Å². The monoisotopic (exact) mass is 441 g/mol. The second kappa shape index (κ2) is 9.87. The number of hydrogen-bond acceptors (Lipinski definition) is 5. The lowest BCUT2D eigenvalue weighted by Crippen LogP contribution is -2.47. The minimum absolute atomic E-state index is 0.0719. The number of piperazine rings is 1. The number of carbonyl (C=O) groups excluding carboxylic acids is 1. The van der Waals surface area contributed by atoms with Gasteiger partial charge in [-0.05, 0) is 36.2 Å². The highest BCUT2D eigenvalue weighted by atomic mass is 35.5. The number of amides is 1. The van der Waals surface area contributed by atoms with Gasteiger partial charge in [0, 0.05) is 57.7 Å². The predicted molar refractivity (Wildman–Crippen MR) is 125 cm³/mol. The van der Waals surface area contributed by atoms with Crippen molar-refractivity contribution in [2.75, 3.05) is 49.6 Å². The smallest absolute Gasteiger partial charge is 0.239 e. The number of anilines is 2. The standard InChI is InChI=1S/C22H28ClN7O/c1-24-22(28-17-8-11-30(14-17)21-19(23)3-2-9-26-21)27-13-16-4-6-18(7-5-16)29-12-10-25-20(31)15-29/h2-7,9,17H,8,10-15H2,1H3,(H,25,31)(H2,24,27,28). The Hall–Kier alpha value is -3.00. The van der Waals surface area contributed by atoms with Gasteiger partial charge in [0.05, 0.1) is 11.6 Å². The van der Waals surface area contributed by atoms with Crippen molar-refractivity contribution in [1.29, 1.82) is 0 Å². The van der Waals surface area contributed by atoms with E-state index < -0.39 is 0 Å². The Morgan fingerprint density at radius 3 is 2.84 bits per heavy atom. The molecule has 31 heavy (non-hydrogen) atoms. The maximum atomic E-state index is 11.6. The molecule has 1 atom stereocenters. The summed E-state index contributed by atoms with van der Waals surface area (Å²) in [5.74, 6) is 1.68. The molecule has 0 saturated carbocycles. The van der Waals surface area contributed by atoms with Crippen LogP contribution in [0.4, 0.5) is 11.5 Å². The number of benzene rings is 1. The summed E-state index contributed by atoms with van der Waals surface area (Å²) in [4.78, 5) is 24.7.